The highest BCUT2D eigenvalue weighted by Gasteiger charge is 2.08. The van der Waals surface area contributed by atoms with Gasteiger partial charge in [-0.2, -0.15) is 0 Å². The second-order valence-electron chi connectivity index (χ2n) is 5.27. The second kappa shape index (κ2) is 7.04. The Morgan fingerprint density at radius 1 is 1.22 bits per heavy atom. The van der Waals surface area contributed by atoms with Crippen molar-refractivity contribution in [2.24, 2.45) is 11.8 Å². The first-order valence-electron chi connectivity index (χ1n) is 6.60. The van der Waals surface area contributed by atoms with E-state index in [9.17, 15) is 4.79 Å². The van der Waals surface area contributed by atoms with Crippen LogP contribution in [0.4, 0.5) is 5.69 Å². The summed E-state index contributed by atoms with van der Waals surface area (Å²) in [5.41, 5.74) is 7.52. The van der Waals surface area contributed by atoms with Gasteiger partial charge in [-0.25, -0.2) is 0 Å². The molecule has 0 bridgehead atoms. The van der Waals surface area contributed by atoms with Crippen LogP contribution >= 0.6 is 0 Å². The van der Waals surface area contributed by atoms with E-state index >= 15 is 0 Å². The first-order valence-corrected chi connectivity index (χ1v) is 6.60. The molecule has 18 heavy (non-hydrogen) atoms. The quantitative estimate of drug-likeness (QED) is 0.760. The molecule has 3 N–H and O–H groups in total. The highest BCUT2D eigenvalue weighted by Crippen LogP contribution is 2.09. The van der Waals surface area contributed by atoms with Crippen molar-refractivity contribution in [3.8, 4) is 0 Å². The maximum atomic E-state index is 11.7. The van der Waals surface area contributed by atoms with Crippen LogP contribution in [0.2, 0.25) is 0 Å². The zero-order valence-corrected chi connectivity index (χ0v) is 11.6. The number of carbonyl (C=O) groups is 1. The number of benzene rings is 1. The normalized spacial score (nSPS) is 12.4. The van der Waals surface area contributed by atoms with Crippen molar-refractivity contribution >= 4 is 11.6 Å². The van der Waals surface area contributed by atoms with Gasteiger partial charge in [0, 0.05) is 18.7 Å². The van der Waals surface area contributed by atoms with E-state index in [1.807, 2.05) is 24.3 Å². The number of anilines is 1. The molecule has 0 aromatic heterocycles. The van der Waals surface area contributed by atoms with E-state index in [0.29, 0.717) is 18.3 Å². The van der Waals surface area contributed by atoms with Gasteiger partial charge in [-0.1, -0.05) is 32.9 Å². The van der Waals surface area contributed by atoms with E-state index in [0.717, 1.165) is 24.2 Å². The van der Waals surface area contributed by atoms with E-state index in [1.54, 1.807) is 0 Å². The lowest BCUT2D eigenvalue weighted by molar-refractivity contribution is -0.121. The lowest BCUT2D eigenvalue weighted by Crippen LogP contribution is -2.30. The van der Waals surface area contributed by atoms with E-state index < -0.39 is 0 Å². The first kappa shape index (κ1) is 14.6. The molecule has 0 heterocycles. The highest BCUT2D eigenvalue weighted by molar-refractivity contribution is 5.76. The molecule has 3 nitrogen and oxygen atoms in total. The predicted octanol–water partition coefficient (Wildman–Crippen LogP) is 2.61. The summed E-state index contributed by atoms with van der Waals surface area (Å²) in [5.74, 6) is 1.24. The molecule has 3 heteroatoms. The van der Waals surface area contributed by atoms with Gasteiger partial charge in [-0.05, 0) is 36.0 Å². The molecule has 1 atom stereocenters. The average molecular weight is 248 g/mol. The number of nitrogens with two attached hydrogens (primary N) is 1. The molecule has 0 aliphatic rings. The van der Waals surface area contributed by atoms with E-state index in [-0.39, 0.29) is 5.91 Å². The monoisotopic (exact) mass is 248 g/mol. The van der Waals surface area contributed by atoms with Crippen molar-refractivity contribution < 1.29 is 4.79 Å². The summed E-state index contributed by atoms with van der Waals surface area (Å²) in [5, 5.41) is 2.98. The molecule has 0 aliphatic carbocycles. The maximum absolute atomic E-state index is 11.7. The van der Waals surface area contributed by atoms with Crippen LogP contribution in [-0.4, -0.2) is 12.5 Å². The largest absolute Gasteiger partial charge is 0.399 e. The fourth-order valence-corrected chi connectivity index (χ4v) is 1.54. The Hall–Kier alpha value is -1.51. The number of nitrogens with one attached hydrogen (secondary N) is 1. The summed E-state index contributed by atoms with van der Waals surface area (Å²) in [7, 11) is 0. The van der Waals surface area contributed by atoms with Crippen molar-refractivity contribution in [2.45, 2.75) is 33.6 Å². The average Bonchev–Trinajstić information content (AvgIpc) is 2.35. The highest BCUT2D eigenvalue weighted by atomic mass is 16.1. The summed E-state index contributed by atoms with van der Waals surface area (Å²) in [6.07, 6.45) is 1.30. The predicted molar refractivity (Wildman–Crippen MR) is 76.2 cm³/mol. The smallest absolute Gasteiger partial charge is 0.220 e. The number of hydrogen-bond acceptors (Lipinski definition) is 2. The summed E-state index contributed by atoms with van der Waals surface area (Å²) in [6, 6.07) is 7.68. The van der Waals surface area contributed by atoms with E-state index in [4.69, 9.17) is 5.73 Å². The van der Waals surface area contributed by atoms with Crippen LogP contribution in [0.15, 0.2) is 24.3 Å². The lowest BCUT2D eigenvalue weighted by atomic mass is 9.98. The van der Waals surface area contributed by atoms with Crippen LogP contribution < -0.4 is 11.1 Å². The summed E-state index contributed by atoms with van der Waals surface area (Å²) in [4.78, 5) is 11.7. The fraction of sp³-hybridized carbons (Fsp3) is 0.533. The molecular weight excluding hydrogens is 224 g/mol. The molecule has 0 radical (unpaired) electrons. The van der Waals surface area contributed by atoms with Crippen LogP contribution in [0.3, 0.4) is 0 Å². The van der Waals surface area contributed by atoms with Crippen LogP contribution in [-0.2, 0) is 11.2 Å². The van der Waals surface area contributed by atoms with Crippen LogP contribution in [0.25, 0.3) is 0 Å². The zero-order chi connectivity index (χ0) is 13.5. The molecule has 1 amide bonds. The van der Waals surface area contributed by atoms with Crippen LogP contribution in [0.1, 0.15) is 32.8 Å². The van der Waals surface area contributed by atoms with Gasteiger partial charge in [0.2, 0.25) is 5.91 Å². The fourth-order valence-electron chi connectivity index (χ4n) is 1.54. The maximum Gasteiger partial charge on any atom is 0.220 e. The molecule has 1 unspecified atom stereocenters. The van der Waals surface area contributed by atoms with Gasteiger partial charge in [0.25, 0.3) is 0 Å². The van der Waals surface area contributed by atoms with Gasteiger partial charge in [0.1, 0.15) is 0 Å². The number of rotatable bonds is 6. The Morgan fingerprint density at radius 2 is 1.83 bits per heavy atom. The second-order valence-corrected chi connectivity index (χ2v) is 5.27. The Labute approximate surface area is 110 Å². The van der Waals surface area contributed by atoms with E-state index in [1.165, 1.54) is 0 Å². The summed E-state index contributed by atoms with van der Waals surface area (Å²) >= 11 is 0. The standard InChI is InChI=1S/C15H24N2O/c1-11(2)12(3)10-17-15(18)9-6-13-4-7-14(16)8-5-13/h4-5,7-8,11-12H,6,9-10,16H2,1-3H3,(H,17,18). The Balaban J connectivity index is 2.27. The van der Waals surface area contributed by atoms with Crippen LogP contribution in [0.5, 0.6) is 0 Å². The molecule has 100 valence electrons. The molecule has 1 aromatic rings. The minimum atomic E-state index is 0.124. The third-order valence-corrected chi connectivity index (χ3v) is 3.38. The summed E-state index contributed by atoms with van der Waals surface area (Å²) in [6.45, 7) is 7.26. The third-order valence-electron chi connectivity index (χ3n) is 3.38. The van der Waals surface area contributed by atoms with Gasteiger partial charge < -0.3 is 11.1 Å². The summed E-state index contributed by atoms with van der Waals surface area (Å²) < 4.78 is 0. The zero-order valence-electron chi connectivity index (χ0n) is 11.6. The van der Waals surface area contributed by atoms with Gasteiger partial charge in [-0.15, -0.1) is 0 Å². The first-order chi connectivity index (χ1) is 8.49. The minimum absolute atomic E-state index is 0.124. The van der Waals surface area contributed by atoms with Gasteiger partial charge in [-0.3, -0.25) is 4.79 Å². The number of carbonyl (C=O) groups excluding carboxylic acids is 1. The molecule has 0 saturated carbocycles. The minimum Gasteiger partial charge on any atom is -0.399 e. The lowest BCUT2D eigenvalue weighted by Gasteiger charge is -2.16. The van der Waals surface area contributed by atoms with Crippen molar-refractivity contribution in [2.75, 3.05) is 12.3 Å². The molecule has 0 aliphatic heterocycles. The van der Waals surface area contributed by atoms with Crippen molar-refractivity contribution in [1.82, 2.24) is 5.32 Å². The van der Waals surface area contributed by atoms with Crippen LogP contribution in [0, 0.1) is 11.8 Å². The van der Waals surface area contributed by atoms with Crippen molar-refractivity contribution in [3.05, 3.63) is 29.8 Å². The Kier molecular flexibility index (Phi) is 5.69. The van der Waals surface area contributed by atoms with E-state index in [2.05, 4.69) is 26.1 Å². The van der Waals surface area contributed by atoms with Crippen molar-refractivity contribution in [3.63, 3.8) is 0 Å². The molecule has 0 fully saturated rings. The number of aryl methyl sites for hydroxylation is 1. The molecule has 1 aromatic carbocycles. The molecule has 0 saturated heterocycles. The van der Waals surface area contributed by atoms with Crippen molar-refractivity contribution in [1.29, 1.82) is 0 Å². The molecule has 1 rings (SSSR count). The van der Waals surface area contributed by atoms with Gasteiger partial charge in [0.15, 0.2) is 0 Å². The van der Waals surface area contributed by atoms with Gasteiger partial charge in [0.05, 0.1) is 0 Å². The van der Waals surface area contributed by atoms with Gasteiger partial charge >= 0.3 is 0 Å². The number of nitrogen functional groups attached to an aromatic ring is 1. The molecular formula is C15H24N2O. The Morgan fingerprint density at radius 3 is 2.39 bits per heavy atom. The third kappa shape index (κ3) is 5.21. The topological polar surface area (TPSA) is 55.1 Å². The Bertz CT molecular complexity index is 371. The molecule has 0 spiro atoms. The SMILES string of the molecule is CC(C)C(C)CNC(=O)CCc1ccc(N)cc1. The number of amides is 1. The number of hydrogen-bond donors (Lipinski definition) is 2.